The molecule has 0 aromatic rings. The molecule has 0 radical (unpaired) electrons. The summed E-state index contributed by atoms with van der Waals surface area (Å²) in [6.45, 7) is 3.67. The molecule has 58 valence electrons. The highest BCUT2D eigenvalue weighted by molar-refractivity contribution is 5.82. The van der Waals surface area contributed by atoms with Gasteiger partial charge in [-0.25, -0.2) is 4.79 Å². The quantitative estimate of drug-likeness (QED) is 0.463. The fraction of sp³-hybridized carbons (Fsp3) is 0.571. The monoisotopic (exact) mass is 144 g/mol. The number of ether oxygens (including phenoxy) is 1. The molecule has 0 unspecified atom stereocenters. The van der Waals surface area contributed by atoms with Gasteiger partial charge in [0.1, 0.15) is 0 Å². The van der Waals surface area contributed by atoms with E-state index in [0.717, 1.165) is 0 Å². The Balaban J connectivity index is 3.75. The fourth-order valence-corrected chi connectivity index (χ4v) is 0.431. The number of rotatable bonds is 3. The van der Waals surface area contributed by atoms with Gasteiger partial charge in [-0.3, -0.25) is 0 Å². The molecule has 0 amide bonds. The van der Waals surface area contributed by atoms with E-state index in [1.807, 2.05) is 0 Å². The van der Waals surface area contributed by atoms with Crippen LogP contribution in [0.1, 0.15) is 13.8 Å². The third-order valence-corrected chi connectivity index (χ3v) is 0.900. The molecule has 0 rings (SSSR count). The summed E-state index contributed by atoms with van der Waals surface area (Å²) in [6.07, 6.45) is 1.28. The number of carbonyl (C=O) groups is 1. The molecule has 10 heavy (non-hydrogen) atoms. The first-order valence-corrected chi connectivity index (χ1v) is 3.15. The summed E-state index contributed by atoms with van der Waals surface area (Å²) in [5, 5.41) is 8.48. The van der Waals surface area contributed by atoms with E-state index < -0.39 is 5.97 Å². The number of hydrogen-bond acceptors (Lipinski definition) is 3. The van der Waals surface area contributed by atoms with Crippen LogP contribution in [0.3, 0.4) is 0 Å². The first kappa shape index (κ1) is 9.17. The van der Waals surface area contributed by atoms with Gasteiger partial charge in [0.15, 0.2) is 0 Å². The SMILES string of the molecule is CCOC(=O)C=C(C)CO. The van der Waals surface area contributed by atoms with Crippen molar-refractivity contribution in [1.82, 2.24) is 0 Å². The van der Waals surface area contributed by atoms with E-state index >= 15 is 0 Å². The predicted octanol–water partition coefficient (Wildman–Crippen LogP) is 0.488. The van der Waals surface area contributed by atoms with E-state index in [1.165, 1.54) is 6.08 Å². The van der Waals surface area contributed by atoms with Crippen LogP contribution in [0.5, 0.6) is 0 Å². The Morgan fingerprint density at radius 1 is 1.70 bits per heavy atom. The summed E-state index contributed by atoms with van der Waals surface area (Å²) in [5.41, 5.74) is 0.610. The van der Waals surface area contributed by atoms with Crippen molar-refractivity contribution in [2.75, 3.05) is 13.2 Å². The van der Waals surface area contributed by atoms with Crippen molar-refractivity contribution in [1.29, 1.82) is 0 Å². The van der Waals surface area contributed by atoms with Crippen LogP contribution in [0.25, 0.3) is 0 Å². The highest BCUT2D eigenvalue weighted by Crippen LogP contribution is 1.90. The van der Waals surface area contributed by atoms with Crippen LogP contribution in [0.2, 0.25) is 0 Å². The van der Waals surface area contributed by atoms with Gasteiger partial charge in [-0.05, 0) is 19.4 Å². The second-order valence-corrected chi connectivity index (χ2v) is 1.90. The van der Waals surface area contributed by atoms with Crippen molar-refractivity contribution in [3.8, 4) is 0 Å². The molecule has 1 N–H and O–H groups in total. The number of esters is 1. The van der Waals surface area contributed by atoms with Crippen LogP contribution in [0, 0.1) is 0 Å². The predicted molar refractivity (Wildman–Crippen MR) is 37.5 cm³/mol. The standard InChI is InChI=1S/C7H12O3/c1-3-10-7(9)4-6(2)5-8/h4,8H,3,5H2,1-2H3. The summed E-state index contributed by atoms with van der Waals surface area (Å²) in [5.74, 6) is -0.394. The molecule has 3 nitrogen and oxygen atoms in total. The van der Waals surface area contributed by atoms with Crippen LogP contribution in [-0.4, -0.2) is 24.3 Å². The molecular formula is C7H12O3. The van der Waals surface area contributed by atoms with Crippen molar-refractivity contribution in [2.45, 2.75) is 13.8 Å². The number of hydrogen-bond donors (Lipinski definition) is 1. The molecule has 0 atom stereocenters. The van der Waals surface area contributed by atoms with Crippen molar-refractivity contribution in [3.05, 3.63) is 11.6 Å². The molecule has 0 bridgehead atoms. The molecule has 0 aliphatic rings. The van der Waals surface area contributed by atoms with E-state index in [2.05, 4.69) is 4.74 Å². The van der Waals surface area contributed by atoms with Crippen LogP contribution >= 0.6 is 0 Å². The lowest BCUT2D eigenvalue weighted by molar-refractivity contribution is -0.137. The highest BCUT2D eigenvalue weighted by Gasteiger charge is 1.95. The average molecular weight is 144 g/mol. The van der Waals surface area contributed by atoms with Gasteiger partial charge in [0.2, 0.25) is 0 Å². The van der Waals surface area contributed by atoms with Crippen LogP contribution in [-0.2, 0) is 9.53 Å². The van der Waals surface area contributed by atoms with Crippen LogP contribution < -0.4 is 0 Å². The lowest BCUT2D eigenvalue weighted by Gasteiger charge is -1.96. The average Bonchev–Trinajstić information content (AvgIpc) is 1.88. The largest absolute Gasteiger partial charge is 0.463 e. The molecule has 0 saturated carbocycles. The Labute approximate surface area is 60.3 Å². The van der Waals surface area contributed by atoms with Gasteiger partial charge < -0.3 is 9.84 Å². The highest BCUT2D eigenvalue weighted by atomic mass is 16.5. The molecule has 0 heterocycles. The minimum atomic E-state index is -0.394. The minimum Gasteiger partial charge on any atom is -0.463 e. The summed E-state index contributed by atoms with van der Waals surface area (Å²) < 4.78 is 4.59. The van der Waals surface area contributed by atoms with Gasteiger partial charge in [-0.2, -0.15) is 0 Å². The van der Waals surface area contributed by atoms with Crippen molar-refractivity contribution < 1.29 is 14.6 Å². The Bertz CT molecular complexity index is 138. The topological polar surface area (TPSA) is 46.5 Å². The molecule has 0 aliphatic heterocycles. The zero-order valence-corrected chi connectivity index (χ0v) is 6.26. The third kappa shape index (κ3) is 4.09. The number of aliphatic hydroxyl groups excluding tert-OH is 1. The lowest BCUT2D eigenvalue weighted by atomic mass is 10.3. The summed E-state index contributed by atoms with van der Waals surface area (Å²) in [7, 11) is 0. The van der Waals surface area contributed by atoms with Gasteiger partial charge in [-0.15, -0.1) is 0 Å². The maximum Gasteiger partial charge on any atom is 0.330 e. The Morgan fingerprint density at radius 2 is 2.30 bits per heavy atom. The molecule has 0 aromatic carbocycles. The van der Waals surface area contributed by atoms with E-state index in [9.17, 15) is 4.79 Å². The van der Waals surface area contributed by atoms with Crippen molar-refractivity contribution >= 4 is 5.97 Å². The van der Waals surface area contributed by atoms with Crippen molar-refractivity contribution in [2.24, 2.45) is 0 Å². The molecule has 0 spiro atoms. The maximum atomic E-state index is 10.6. The number of carbonyl (C=O) groups excluding carboxylic acids is 1. The smallest absolute Gasteiger partial charge is 0.330 e. The summed E-state index contributed by atoms with van der Waals surface area (Å²) in [6, 6.07) is 0. The Kier molecular flexibility index (Phi) is 4.58. The second kappa shape index (κ2) is 4.99. The van der Waals surface area contributed by atoms with Crippen LogP contribution in [0.15, 0.2) is 11.6 Å². The first-order chi connectivity index (χ1) is 4.70. The minimum absolute atomic E-state index is 0.0984. The zero-order chi connectivity index (χ0) is 7.98. The molecule has 3 heteroatoms. The third-order valence-electron chi connectivity index (χ3n) is 0.900. The summed E-state index contributed by atoms with van der Waals surface area (Å²) in [4.78, 5) is 10.6. The molecule has 0 aliphatic carbocycles. The second-order valence-electron chi connectivity index (χ2n) is 1.90. The fourth-order valence-electron chi connectivity index (χ4n) is 0.431. The van der Waals surface area contributed by atoms with Gasteiger partial charge >= 0.3 is 5.97 Å². The summed E-state index contributed by atoms with van der Waals surface area (Å²) >= 11 is 0. The van der Waals surface area contributed by atoms with Gasteiger partial charge in [0.05, 0.1) is 13.2 Å². The maximum absolute atomic E-state index is 10.6. The molecule has 0 fully saturated rings. The zero-order valence-electron chi connectivity index (χ0n) is 6.26. The van der Waals surface area contributed by atoms with E-state index in [-0.39, 0.29) is 6.61 Å². The van der Waals surface area contributed by atoms with Crippen LogP contribution in [0.4, 0.5) is 0 Å². The van der Waals surface area contributed by atoms with E-state index in [0.29, 0.717) is 12.2 Å². The van der Waals surface area contributed by atoms with E-state index in [1.54, 1.807) is 13.8 Å². The molecule has 0 saturated heterocycles. The Morgan fingerprint density at radius 3 is 2.70 bits per heavy atom. The molecular weight excluding hydrogens is 132 g/mol. The van der Waals surface area contributed by atoms with E-state index in [4.69, 9.17) is 5.11 Å². The first-order valence-electron chi connectivity index (χ1n) is 3.15. The van der Waals surface area contributed by atoms with Gasteiger partial charge in [-0.1, -0.05) is 0 Å². The van der Waals surface area contributed by atoms with Gasteiger partial charge in [0.25, 0.3) is 0 Å². The lowest BCUT2D eigenvalue weighted by Crippen LogP contribution is -2.01. The van der Waals surface area contributed by atoms with Gasteiger partial charge in [0, 0.05) is 6.08 Å². The normalized spacial score (nSPS) is 11.3. The number of aliphatic hydroxyl groups is 1. The van der Waals surface area contributed by atoms with Crippen molar-refractivity contribution in [3.63, 3.8) is 0 Å². The molecule has 0 aromatic heterocycles. The Hall–Kier alpha value is -0.830.